The molecule has 2 aliphatic rings. The molecule has 0 radical (unpaired) electrons. The van der Waals surface area contributed by atoms with Gasteiger partial charge in [0.2, 0.25) is 0 Å². The number of hydrogen-bond acceptors (Lipinski definition) is 2. The van der Waals surface area contributed by atoms with Crippen LogP contribution in [-0.4, -0.2) is 22.8 Å². The van der Waals surface area contributed by atoms with Crippen LogP contribution in [-0.2, 0) is 17.7 Å². The van der Waals surface area contributed by atoms with E-state index in [9.17, 15) is 0 Å². The third kappa shape index (κ3) is 1.50. The van der Waals surface area contributed by atoms with Crippen LogP contribution in [0.4, 0.5) is 0 Å². The van der Waals surface area contributed by atoms with Gasteiger partial charge in [-0.2, -0.15) is 0 Å². The smallest absolute Gasteiger partial charge is 0.113 e. The van der Waals surface area contributed by atoms with Gasteiger partial charge in [0.1, 0.15) is 5.82 Å². The molecule has 0 amide bonds. The minimum Gasteiger partial charge on any atom is -0.381 e. The van der Waals surface area contributed by atoms with E-state index in [1.807, 2.05) is 0 Å². The third-order valence-electron chi connectivity index (χ3n) is 4.29. The van der Waals surface area contributed by atoms with Gasteiger partial charge in [-0.3, -0.25) is 0 Å². The lowest BCUT2D eigenvalue weighted by Gasteiger charge is -2.24. The molecule has 0 aliphatic carbocycles. The van der Waals surface area contributed by atoms with Crippen molar-refractivity contribution in [3.05, 3.63) is 29.6 Å². The molecule has 0 N–H and O–H groups in total. The lowest BCUT2D eigenvalue weighted by molar-refractivity contribution is 0.0828. The molecule has 0 bridgehead atoms. The van der Waals surface area contributed by atoms with Crippen LogP contribution in [0.2, 0.25) is 0 Å². The fourth-order valence-corrected chi connectivity index (χ4v) is 3.40. The average molecular weight is 242 g/mol. The third-order valence-corrected chi connectivity index (χ3v) is 4.29. The van der Waals surface area contributed by atoms with E-state index in [-0.39, 0.29) is 0 Å². The summed E-state index contributed by atoms with van der Waals surface area (Å²) in [6, 6.07) is 6.56. The average Bonchev–Trinajstić information content (AvgIpc) is 2.82. The van der Waals surface area contributed by atoms with Crippen LogP contribution in [0.25, 0.3) is 11.0 Å². The van der Waals surface area contributed by atoms with Crippen LogP contribution < -0.4 is 0 Å². The highest BCUT2D eigenvalue weighted by molar-refractivity contribution is 5.80. The van der Waals surface area contributed by atoms with Crippen molar-refractivity contribution in [2.24, 2.45) is 0 Å². The molecule has 94 valence electrons. The highest BCUT2D eigenvalue weighted by atomic mass is 16.5. The first-order valence-corrected chi connectivity index (χ1v) is 6.99. The summed E-state index contributed by atoms with van der Waals surface area (Å²) in [5.74, 6) is 1.90. The first-order chi connectivity index (χ1) is 8.93. The maximum Gasteiger partial charge on any atom is 0.113 e. The molecular formula is C15H18N2O. The predicted octanol–water partition coefficient (Wildman–Crippen LogP) is 2.88. The molecule has 0 unspecified atom stereocenters. The van der Waals surface area contributed by atoms with Crippen molar-refractivity contribution in [1.82, 2.24) is 9.55 Å². The quantitative estimate of drug-likeness (QED) is 0.769. The van der Waals surface area contributed by atoms with Crippen LogP contribution in [0.3, 0.4) is 0 Å². The van der Waals surface area contributed by atoms with Gasteiger partial charge in [0.05, 0.1) is 11.0 Å². The van der Waals surface area contributed by atoms with Gasteiger partial charge in [0.25, 0.3) is 0 Å². The molecule has 1 saturated heterocycles. The van der Waals surface area contributed by atoms with E-state index >= 15 is 0 Å². The maximum atomic E-state index is 5.47. The summed E-state index contributed by atoms with van der Waals surface area (Å²) >= 11 is 0. The number of imidazole rings is 1. The first-order valence-electron chi connectivity index (χ1n) is 6.99. The Hall–Kier alpha value is -1.35. The Morgan fingerprint density at radius 2 is 2.11 bits per heavy atom. The van der Waals surface area contributed by atoms with E-state index in [1.165, 1.54) is 35.3 Å². The van der Waals surface area contributed by atoms with E-state index < -0.39 is 0 Å². The van der Waals surface area contributed by atoms with Crippen molar-refractivity contribution in [2.75, 3.05) is 13.2 Å². The highest BCUT2D eigenvalue weighted by Gasteiger charge is 2.25. The zero-order valence-corrected chi connectivity index (χ0v) is 10.6. The number of nitrogens with zero attached hydrogens (tertiary/aromatic N) is 2. The summed E-state index contributed by atoms with van der Waals surface area (Å²) in [7, 11) is 0. The lowest BCUT2D eigenvalue weighted by atomic mass is 9.98. The van der Waals surface area contributed by atoms with Gasteiger partial charge in [-0.05, 0) is 37.3 Å². The minimum atomic E-state index is 0.595. The topological polar surface area (TPSA) is 27.1 Å². The summed E-state index contributed by atoms with van der Waals surface area (Å²) in [5.41, 5.74) is 4.06. The second-order valence-electron chi connectivity index (χ2n) is 5.40. The molecule has 18 heavy (non-hydrogen) atoms. The number of para-hydroxylation sites is 1. The first kappa shape index (κ1) is 10.6. The summed E-state index contributed by atoms with van der Waals surface area (Å²) in [6.45, 7) is 2.92. The van der Waals surface area contributed by atoms with Crippen molar-refractivity contribution in [3.8, 4) is 0 Å². The van der Waals surface area contributed by atoms with Gasteiger partial charge < -0.3 is 9.30 Å². The summed E-state index contributed by atoms with van der Waals surface area (Å²) in [6.07, 6.45) is 4.70. The Bertz CT molecular complexity index is 581. The van der Waals surface area contributed by atoms with E-state index in [0.29, 0.717) is 5.92 Å². The van der Waals surface area contributed by atoms with Gasteiger partial charge >= 0.3 is 0 Å². The Morgan fingerprint density at radius 3 is 3.00 bits per heavy atom. The zero-order chi connectivity index (χ0) is 11.9. The molecule has 0 saturated carbocycles. The lowest BCUT2D eigenvalue weighted by Crippen LogP contribution is -2.19. The molecule has 1 aromatic heterocycles. The van der Waals surface area contributed by atoms with Crippen LogP contribution in [0.5, 0.6) is 0 Å². The Labute approximate surface area is 107 Å². The predicted molar refractivity (Wildman–Crippen MR) is 70.8 cm³/mol. The molecule has 3 heteroatoms. The number of aryl methyl sites for hydroxylation is 2. The molecule has 4 rings (SSSR count). The largest absolute Gasteiger partial charge is 0.381 e. The number of benzene rings is 1. The minimum absolute atomic E-state index is 0.595. The highest BCUT2D eigenvalue weighted by Crippen LogP contribution is 2.33. The van der Waals surface area contributed by atoms with Gasteiger partial charge in [-0.25, -0.2) is 4.98 Å². The SMILES string of the molecule is c1cc2c3c(c1)nc(C1CCOCC1)n3CCC2. The Kier molecular flexibility index (Phi) is 2.40. The number of ether oxygens (including phenoxy) is 1. The molecule has 3 heterocycles. The van der Waals surface area contributed by atoms with Gasteiger partial charge in [-0.15, -0.1) is 0 Å². The van der Waals surface area contributed by atoms with Crippen LogP contribution >= 0.6 is 0 Å². The van der Waals surface area contributed by atoms with Crippen molar-refractivity contribution >= 4 is 11.0 Å². The van der Waals surface area contributed by atoms with Crippen molar-refractivity contribution in [2.45, 2.75) is 38.1 Å². The number of aromatic nitrogens is 2. The van der Waals surface area contributed by atoms with Crippen LogP contribution in [0.15, 0.2) is 18.2 Å². The molecule has 2 aliphatic heterocycles. The fourth-order valence-electron chi connectivity index (χ4n) is 3.40. The Morgan fingerprint density at radius 1 is 1.22 bits per heavy atom. The van der Waals surface area contributed by atoms with E-state index in [1.54, 1.807) is 0 Å². The van der Waals surface area contributed by atoms with Gasteiger partial charge in [0, 0.05) is 25.7 Å². The van der Waals surface area contributed by atoms with Crippen LogP contribution in [0, 0.1) is 0 Å². The van der Waals surface area contributed by atoms with E-state index in [4.69, 9.17) is 9.72 Å². The molecule has 1 fully saturated rings. The molecule has 1 aromatic carbocycles. The van der Waals surface area contributed by atoms with E-state index in [0.717, 1.165) is 32.6 Å². The summed E-state index contributed by atoms with van der Waals surface area (Å²) in [5, 5.41) is 0. The van der Waals surface area contributed by atoms with Crippen molar-refractivity contribution in [1.29, 1.82) is 0 Å². The van der Waals surface area contributed by atoms with E-state index in [2.05, 4.69) is 22.8 Å². The fraction of sp³-hybridized carbons (Fsp3) is 0.533. The standard InChI is InChI=1S/C15H18N2O/c1-3-11-4-2-8-17-14(11)13(5-1)16-15(17)12-6-9-18-10-7-12/h1,3,5,12H,2,4,6-10H2. The summed E-state index contributed by atoms with van der Waals surface area (Å²) < 4.78 is 7.95. The second-order valence-corrected chi connectivity index (χ2v) is 5.40. The monoisotopic (exact) mass is 242 g/mol. The maximum absolute atomic E-state index is 5.47. The number of rotatable bonds is 1. The Balaban J connectivity index is 1.88. The van der Waals surface area contributed by atoms with Crippen molar-refractivity contribution < 1.29 is 4.74 Å². The molecule has 3 nitrogen and oxygen atoms in total. The zero-order valence-electron chi connectivity index (χ0n) is 10.6. The van der Waals surface area contributed by atoms with Gasteiger partial charge in [0.15, 0.2) is 0 Å². The summed E-state index contributed by atoms with van der Waals surface area (Å²) in [4.78, 5) is 4.92. The number of hydrogen-bond donors (Lipinski definition) is 0. The molecule has 0 atom stereocenters. The molecule has 2 aromatic rings. The normalized spacial score (nSPS) is 20.4. The molecular weight excluding hydrogens is 224 g/mol. The van der Waals surface area contributed by atoms with Crippen molar-refractivity contribution in [3.63, 3.8) is 0 Å². The molecule has 0 spiro atoms. The van der Waals surface area contributed by atoms with Gasteiger partial charge in [-0.1, -0.05) is 12.1 Å². The second kappa shape index (κ2) is 4.09. The van der Waals surface area contributed by atoms with Crippen LogP contribution in [0.1, 0.15) is 36.6 Å².